The normalized spacial score (nSPS) is 12.2. The van der Waals surface area contributed by atoms with Crippen LogP contribution >= 0.6 is 11.3 Å². The Morgan fingerprint density at radius 3 is 2.45 bits per heavy atom. The third-order valence-corrected chi connectivity index (χ3v) is 6.15. The molecular weight excluding hydrogens is 434 g/mol. The molecule has 0 aliphatic rings. The second-order valence-corrected chi connectivity index (χ2v) is 8.55. The quantitative estimate of drug-likeness (QED) is 0.253. The summed E-state index contributed by atoms with van der Waals surface area (Å²) in [5.74, 6) is 0.303. The van der Waals surface area contributed by atoms with Gasteiger partial charge in [0, 0.05) is 10.8 Å². The summed E-state index contributed by atoms with van der Waals surface area (Å²) in [4.78, 5) is 5.60. The molecule has 7 heteroatoms. The number of aromatic hydroxyl groups is 2. The van der Waals surface area contributed by atoms with Gasteiger partial charge < -0.3 is 14.6 Å². The van der Waals surface area contributed by atoms with Crippen molar-refractivity contribution in [2.24, 2.45) is 10.1 Å². The summed E-state index contributed by atoms with van der Waals surface area (Å²) >= 11 is 1.47. The molecule has 33 heavy (non-hydrogen) atoms. The molecule has 0 aliphatic heterocycles. The van der Waals surface area contributed by atoms with Crippen molar-refractivity contribution in [1.82, 2.24) is 4.68 Å². The van der Waals surface area contributed by atoms with E-state index in [1.165, 1.54) is 23.5 Å². The Hall–Kier alpha value is -4.10. The van der Waals surface area contributed by atoms with Crippen LogP contribution in [0.5, 0.6) is 11.5 Å². The zero-order chi connectivity index (χ0) is 22.9. The van der Waals surface area contributed by atoms with Gasteiger partial charge in [-0.05, 0) is 60.9 Å². The number of hydrogen-bond acceptors (Lipinski definition) is 6. The van der Waals surface area contributed by atoms with Gasteiger partial charge in [-0.2, -0.15) is 5.10 Å². The zero-order valence-corrected chi connectivity index (χ0v) is 18.9. The lowest BCUT2D eigenvalue weighted by molar-refractivity contribution is 0.403. The molecule has 0 amide bonds. The molecule has 0 bridgehead atoms. The Kier molecular flexibility index (Phi) is 5.32. The number of fused-ring (bicyclic) bond motifs is 1. The number of para-hydroxylation sites is 2. The lowest BCUT2D eigenvalue weighted by Crippen LogP contribution is -2.11. The largest absolute Gasteiger partial charge is 0.504 e. The molecule has 0 radical (unpaired) electrons. The molecular formula is C26H21N3O3S. The zero-order valence-electron chi connectivity index (χ0n) is 18.1. The predicted octanol–water partition coefficient (Wildman–Crippen LogP) is 6.11. The van der Waals surface area contributed by atoms with E-state index in [-0.39, 0.29) is 11.5 Å². The Balaban J connectivity index is 1.69. The van der Waals surface area contributed by atoms with E-state index < -0.39 is 0 Å². The fourth-order valence-electron chi connectivity index (χ4n) is 3.59. The molecule has 2 N–H and O–H groups in total. The maximum absolute atomic E-state index is 9.83. The molecule has 0 saturated heterocycles. The van der Waals surface area contributed by atoms with Crippen molar-refractivity contribution in [3.05, 3.63) is 93.6 Å². The summed E-state index contributed by atoms with van der Waals surface area (Å²) in [6.45, 7) is 4.07. The van der Waals surface area contributed by atoms with Crippen LogP contribution in [0.4, 0.5) is 5.69 Å². The lowest BCUT2D eigenvalue weighted by Gasteiger charge is -2.04. The van der Waals surface area contributed by atoms with Crippen LogP contribution in [0, 0.1) is 13.8 Å². The van der Waals surface area contributed by atoms with Crippen molar-refractivity contribution in [3.63, 3.8) is 0 Å². The number of phenols is 2. The van der Waals surface area contributed by atoms with E-state index in [2.05, 4.69) is 5.10 Å². The van der Waals surface area contributed by atoms with Gasteiger partial charge in [-0.15, -0.1) is 11.3 Å². The highest BCUT2D eigenvalue weighted by molar-refractivity contribution is 7.07. The van der Waals surface area contributed by atoms with E-state index in [1.807, 2.05) is 67.8 Å². The molecule has 3 aromatic carbocycles. The number of nitrogens with zero attached hydrogens (tertiary/aromatic N) is 3. The summed E-state index contributed by atoms with van der Waals surface area (Å²) in [6.07, 6.45) is 1.61. The number of phenolic OH excluding ortho intramolecular Hbond substituents is 2. The minimum Gasteiger partial charge on any atom is -0.504 e. The maximum Gasteiger partial charge on any atom is 0.211 e. The average molecular weight is 456 g/mol. The fourth-order valence-corrected chi connectivity index (χ4v) is 4.41. The average Bonchev–Trinajstić information content (AvgIpc) is 3.41. The minimum atomic E-state index is -0.202. The van der Waals surface area contributed by atoms with Crippen LogP contribution in [0.3, 0.4) is 0 Å². The highest BCUT2D eigenvalue weighted by Crippen LogP contribution is 2.29. The van der Waals surface area contributed by atoms with Gasteiger partial charge in [0.2, 0.25) is 4.80 Å². The second-order valence-electron chi connectivity index (χ2n) is 7.71. The predicted molar refractivity (Wildman–Crippen MR) is 131 cm³/mol. The standard InChI is InChI=1S/C26H21N3O3S/c1-16-6-5-7-17(2)25(16)28-26-29(27-14-18-10-11-21(30)22(31)12-18)20(15-33-26)24-13-19-8-3-4-9-23(19)32-24/h3-15,30-31H,1-2H3. The van der Waals surface area contributed by atoms with Crippen molar-refractivity contribution < 1.29 is 14.6 Å². The van der Waals surface area contributed by atoms with Crippen LogP contribution in [-0.4, -0.2) is 21.1 Å². The third-order valence-electron chi connectivity index (χ3n) is 5.33. The first-order chi connectivity index (χ1) is 16.0. The molecule has 5 aromatic rings. The summed E-state index contributed by atoms with van der Waals surface area (Å²) in [7, 11) is 0. The molecule has 0 fully saturated rings. The third kappa shape index (κ3) is 4.06. The number of aromatic nitrogens is 1. The van der Waals surface area contributed by atoms with Crippen molar-refractivity contribution >= 4 is 34.2 Å². The van der Waals surface area contributed by atoms with E-state index >= 15 is 0 Å². The molecule has 2 aromatic heterocycles. The van der Waals surface area contributed by atoms with Gasteiger partial charge >= 0.3 is 0 Å². The van der Waals surface area contributed by atoms with Gasteiger partial charge in [0.15, 0.2) is 17.3 Å². The van der Waals surface area contributed by atoms with Gasteiger partial charge in [-0.3, -0.25) is 0 Å². The van der Waals surface area contributed by atoms with E-state index in [9.17, 15) is 10.2 Å². The molecule has 0 spiro atoms. The Morgan fingerprint density at radius 2 is 1.70 bits per heavy atom. The molecule has 2 heterocycles. The number of hydrogen-bond donors (Lipinski definition) is 2. The monoisotopic (exact) mass is 455 g/mol. The van der Waals surface area contributed by atoms with Gasteiger partial charge in [0.05, 0.1) is 11.9 Å². The first-order valence-electron chi connectivity index (χ1n) is 10.4. The maximum atomic E-state index is 9.83. The molecule has 6 nitrogen and oxygen atoms in total. The number of benzene rings is 3. The SMILES string of the molecule is Cc1cccc(C)c1N=c1scc(-c2cc3ccccc3o2)n1N=Cc1ccc(O)c(O)c1. The van der Waals surface area contributed by atoms with Gasteiger partial charge in [-0.1, -0.05) is 36.4 Å². The second kappa shape index (κ2) is 8.44. The number of furan rings is 1. The van der Waals surface area contributed by atoms with E-state index in [1.54, 1.807) is 17.0 Å². The molecule has 0 aliphatic carbocycles. The van der Waals surface area contributed by atoms with E-state index in [0.717, 1.165) is 33.5 Å². The Labute approximate surface area is 194 Å². The van der Waals surface area contributed by atoms with Gasteiger partial charge in [0.1, 0.15) is 11.3 Å². The first kappa shape index (κ1) is 20.8. The molecule has 0 atom stereocenters. The Morgan fingerprint density at radius 1 is 0.909 bits per heavy atom. The van der Waals surface area contributed by atoms with Crippen molar-refractivity contribution in [2.75, 3.05) is 0 Å². The molecule has 5 rings (SSSR count). The van der Waals surface area contributed by atoms with E-state index in [0.29, 0.717) is 16.1 Å². The highest BCUT2D eigenvalue weighted by atomic mass is 32.1. The lowest BCUT2D eigenvalue weighted by atomic mass is 10.1. The van der Waals surface area contributed by atoms with Crippen LogP contribution in [0.1, 0.15) is 16.7 Å². The topological polar surface area (TPSA) is 83.2 Å². The molecule has 0 saturated carbocycles. The van der Waals surface area contributed by atoms with Gasteiger partial charge in [-0.25, -0.2) is 9.67 Å². The minimum absolute atomic E-state index is 0.177. The summed E-state index contributed by atoms with van der Waals surface area (Å²) in [5, 5.41) is 27.1. The van der Waals surface area contributed by atoms with Crippen molar-refractivity contribution in [1.29, 1.82) is 0 Å². The summed E-state index contributed by atoms with van der Waals surface area (Å²) < 4.78 is 7.82. The highest BCUT2D eigenvalue weighted by Gasteiger charge is 2.13. The van der Waals surface area contributed by atoms with Crippen LogP contribution in [0.25, 0.3) is 22.4 Å². The van der Waals surface area contributed by atoms with Gasteiger partial charge in [0.25, 0.3) is 0 Å². The Bertz CT molecular complexity index is 1520. The number of rotatable bonds is 4. The van der Waals surface area contributed by atoms with Crippen molar-refractivity contribution in [3.8, 4) is 23.0 Å². The van der Waals surface area contributed by atoms with Crippen molar-refractivity contribution in [2.45, 2.75) is 13.8 Å². The smallest absolute Gasteiger partial charge is 0.211 e. The number of aryl methyl sites for hydroxylation is 2. The first-order valence-corrected chi connectivity index (χ1v) is 11.2. The fraction of sp³-hybridized carbons (Fsp3) is 0.0769. The van der Waals surface area contributed by atoms with E-state index in [4.69, 9.17) is 9.41 Å². The molecule has 0 unspecified atom stereocenters. The number of thiazole rings is 1. The summed E-state index contributed by atoms with van der Waals surface area (Å²) in [6, 6.07) is 20.5. The van der Waals surface area contributed by atoms with Crippen LogP contribution < -0.4 is 4.80 Å². The van der Waals surface area contributed by atoms with Crippen LogP contribution in [0.15, 0.2) is 86.6 Å². The molecule has 164 valence electrons. The summed E-state index contributed by atoms with van der Waals surface area (Å²) in [5.41, 5.74) is 5.26. The van der Waals surface area contributed by atoms with Crippen LogP contribution in [-0.2, 0) is 0 Å². The van der Waals surface area contributed by atoms with Crippen LogP contribution in [0.2, 0.25) is 0 Å².